The van der Waals surface area contributed by atoms with Crippen LogP contribution in [0.4, 0.5) is 4.39 Å². The van der Waals surface area contributed by atoms with Crippen LogP contribution in [-0.4, -0.2) is 29.3 Å². The third kappa shape index (κ3) is 5.64. The first kappa shape index (κ1) is 20.6. The SMILES string of the molecule is CCNC(=O)[C@H](C)N(Cc1ccccc1F)C(=O)Cc1cc(C)cc(C)c1. The maximum absolute atomic E-state index is 14.1. The van der Waals surface area contributed by atoms with Crippen molar-refractivity contribution in [3.8, 4) is 0 Å². The van der Waals surface area contributed by atoms with Gasteiger partial charge in [-0.2, -0.15) is 0 Å². The molecule has 144 valence electrons. The Labute approximate surface area is 160 Å². The van der Waals surface area contributed by atoms with Gasteiger partial charge in [-0.05, 0) is 39.3 Å². The van der Waals surface area contributed by atoms with Crippen molar-refractivity contribution >= 4 is 11.8 Å². The molecule has 0 aliphatic carbocycles. The van der Waals surface area contributed by atoms with Crippen molar-refractivity contribution in [1.82, 2.24) is 10.2 Å². The first-order chi connectivity index (χ1) is 12.8. The van der Waals surface area contributed by atoms with Gasteiger partial charge in [-0.15, -0.1) is 0 Å². The Morgan fingerprint density at radius 1 is 1.11 bits per heavy atom. The predicted octanol–water partition coefficient (Wildman–Crippen LogP) is 3.54. The van der Waals surface area contributed by atoms with Gasteiger partial charge in [0.15, 0.2) is 0 Å². The van der Waals surface area contributed by atoms with Crippen molar-refractivity contribution in [1.29, 1.82) is 0 Å². The van der Waals surface area contributed by atoms with Gasteiger partial charge in [-0.3, -0.25) is 9.59 Å². The third-order valence-electron chi connectivity index (χ3n) is 4.45. The van der Waals surface area contributed by atoms with E-state index >= 15 is 0 Å². The normalized spacial score (nSPS) is 11.7. The molecule has 4 nitrogen and oxygen atoms in total. The summed E-state index contributed by atoms with van der Waals surface area (Å²) in [6, 6.07) is 11.6. The number of likely N-dealkylation sites (N-methyl/N-ethyl adjacent to an activating group) is 1. The smallest absolute Gasteiger partial charge is 0.242 e. The molecule has 5 heteroatoms. The van der Waals surface area contributed by atoms with Gasteiger partial charge in [0, 0.05) is 18.7 Å². The van der Waals surface area contributed by atoms with Crippen LogP contribution in [0, 0.1) is 19.7 Å². The Hall–Kier alpha value is -2.69. The molecule has 0 aromatic heterocycles. The maximum atomic E-state index is 14.1. The average molecular weight is 370 g/mol. The summed E-state index contributed by atoms with van der Waals surface area (Å²) in [5.74, 6) is -0.839. The minimum atomic E-state index is -0.692. The Balaban J connectivity index is 2.28. The molecular weight excluding hydrogens is 343 g/mol. The molecule has 0 unspecified atom stereocenters. The number of carbonyl (C=O) groups excluding carboxylic acids is 2. The summed E-state index contributed by atoms with van der Waals surface area (Å²) in [5.41, 5.74) is 3.44. The van der Waals surface area contributed by atoms with E-state index in [1.165, 1.54) is 11.0 Å². The largest absolute Gasteiger partial charge is 0.355 e. The number of nitrogens with zero attached hydrogens (tertiary/aromatic N) is 1. The van der Waals surface area contributed by atoms with E-state index in [4.69, 9.17) is 0 Å². The monoisotopic (exact) mass is 370 g/mol. The number of benzene rings is 2. The molecule has 27 heavy (non-hydrogen) atoms. The number of hydrogen-bond acceptors (Lipinski definition) is 2. The van der Waals surface area contributed by atoms with Crippen molar-refractivity contribution < 1.29 is 14.0 Å². The van der Waals surface area contributed by atoms with Crippen molar-refractivity contribution in [2.24, 2.45) is 0 Å². The molecular formula is C22H27FN2O2. The van der Waals surface area contributed by atoms with Crippen LogP contribution >= 0.6 is 0 Å². The average Bonchev–Trinajstić information content (AvgIpc) is 2.59. The highest BCUT2D eigenvalue weighted by atomic mass is 19.1. The zero-order valence-electron chi connectivity index (χ0n) is 16.4. The maximum Gasteiger partial charge on any atom is 0.242 e. The first-order valence-electron chi connectivity index (χ1n) is 9.19. The van der Waals surface area contributed by atoms with Gasteiger partial charge in [0.25, 0.3) is 0 Å². The van der Waals surface area contributed by atoms with Gasteiger partial charge < -0.3 is 10.2 Å². The standard InChI is InChI=1S/C22H27FN2O2/c1-5-24-22(27)17(4)25(14-19-8-6-7-9-20(19)23)21(26)13-18-11-15(2)10-16(3)12-18/h6-12,17H,5,13-14H2,1-4H3,(H,24,27)/t17-/m0/s1. The lowest BCUT2D eigenvalue weighted by Gasteiger charge is -2.29. The number of amides is 2. The van der Waals surface area contributed by atoms with Gasteiger partial charge in [-0.1, -0.05) is 47.5 Å². The van der Waals surface area contributed by atoms with Crippen molar-refractivity contribution in [2.45, 2.75) is 46.7 Å². The molecule has 2 aromatic rings. The molecule has 0 fully saturated rings. The van der Waals surface area contributed by atoms with Gasteiger partial charge >= 0.3 is 0 Å². The highest BCUT2D eigenvalue weighted by Gasteiger charge is 2.26. The zero-order valence-corrected chi connectivity index (χ0v) is 16.4. The fourth-order valence-corrected chi connectivity index (χ4v) is 3.16. The van der Waals surface area contributed by atoms with Crippen molar-refractivity contribution in [3.05, 3.63) is 70.5 Å². The van der Waals surface area contributed by atoms with Crippen LogP contribution in [0.3, 0.4) is 0 Å². The van der Waals surface area contributed by atoms with Crippen LogP contribution < -0.4 is 5.32 Å². The quantitative estimate of drug-likeness (QED) is 0.810. The highest BCUT2D eigenvalue weighted by molar-refractivity contribution is 5.88. The van der Waals surface area contributed by atoms with Gasteiger partial charge in [0.2, 0.25) is 11.8 Å². The second kappa shape index (κ2) is 9.31. The summed E-state index contributed by atoms with van der Waals surface area (Å²) < 4.78 is 14.1. The zero-order chi connectivity index (χ0) is 20.0. The molecule has 0 aliphatic heterocycles. The van der Waals surface area contributed by atoms with E-state index in [9.17, 15) is 14.0 Å². The van der Waals surface area contributed by atoms with Crippen molar-refractivity contribution in [3.63, 3.8) is 0 Å². The van der Waals surface area contributed by atoms with E-state index in [0.717, 1.165) is 16.7 Å². The van der Waals surface area contributed by atoms with Gasteiger partial charge in [0.05, 0.1) is 6.42 Å². The second-order valence-electron chi connectivity index (χ2n) is 6.86. The van der Waals surface area contributed by atoms with Crippen LogP contribution in [0.5, 0.6) is 0 Å². The van der Waals surface area contributed by atoms with Crippen LogP contribution in [0.1, 0.15) is 36.1 Å². The summed E-state index contributed by atoms with van der Waals surface area (Å²) >= 11 is 0. The number of nitrogens with one attached hydrogen (secondary N) is 1. The minimum Gasteiger partial charge on any atom is -0.355 e. The molecule has 0 bridgehead atoms. The Bertz CT molecular complexity index is 799. The van der Waals surface area contributed by atoms with E-state index in [1.807, 2.05) is 39.0 Å². The molecule has 0 aliphatic rings. The Kier molecular flexibility index (Phi) is 7.11. The van der Waals surface area contributed by atoms with E-state index in [1.54, 1.807) is 25.1 Å². The molecule has 2 amide bonds. The fraction of sp³-hybridized carbons (Fsp3) is 0.364. The van der Waals surface area contributed by atoms with Crippen LogP contribution in [-0.2, 0) is 22.6 Å². The van der Waals surface area contributed by atoms with E-state index < -0.39 is 6.04 Å². The number of halogens is 1. The van der Waals surface area contributed by atoms with Crippen molar-refractivity contribution in [2.75, 3.05) is 6.54 Å². The number of hydrogen-bond donors (Lipinski definition) is 1. The predicted molar refractivity (Wildman–Crippen MR) is 105 cm³/mol. The van der Waals surface area contributed by atoms with Gasteiger partial charge in [-0.25, -0.2) is 4.39 Å². The second-order valence-corrected chi connectivity index (χ2v) is 6.86. The summed E-state index contributed by atoms with van der Waals surface area (Å²) in [6.45, 7) is 7.98. The van der Waals surface area contributed by atoms with Crippen LogP contribution in [0.2, 0.25) is 0 Å². The first-order valence-corrected chi connectivity index (χ1v) is 9.19. The molecule has 0 spiro atoms. The lowest BCUT2D eigenvalue weighted by Crippen LogP contribution is -2.48. The molecule has 1 N–H and O–H groups in total. The topological polar surface area (TPSA) is 49.4 Å². The van der Waals surface area contributed by atoms with Crippen LogP contribution in [0.25, 0.3) is 0 Å². The molecule has 1 atom stereocenters. The molecule has 0 heterocycles. The summed E-state index contributed by atoms with van der Waals surface area (Å²) in [7, 11) is 0. The fourth-order valence-electron chi connectivity index (χ4n) is 3.16. The molecule has 0 saturated heterocycles. The van der Waals surface area contributed by atoms with Crippen LogP contribution in [0.15, 0.2) is 42.5 Å². The summed E-state index contributed by atoms with van der Waals surface area (Å²) in [6.07, 6.45) is 0.167. The molecule has 2 aromatic carbocycles. The van der Waals surface area contributed by atoms with E-state index in [0.29, 0.717) is 12.1 Å². The highest BCUT2D eigenvalue weighted by Crippen LogP contribution is 2.16. The number of rotatable bonds is 7. The van der Waals surface area contributed by atoms with E-state index in [2.05, 4.69) is 5.32 Å². The Morgan fingerprint density at radius 2 is 1.74 bits per heavy atom. The summed E-state index contributed by atoms with van der Waals surface area (Å²) in [5, 5.41) is 2.74. The lowest BCUT2D eigenvalue weighted by molar-refractivity contribution is -0.140. The minimum absolute atomic E-state index is 0.0502. The Morgan fingerprint density at radius 3 is 2.33 bits per heavy atom. The molecule has 0 radical (unpaired) electrons. The number of carbonyl (C=O) groups is 2. The van der Waals surface area contributed by atoms with Gasteiger partial charge in [0.1, 0.15) is 11.9 Å². The molecule has 2 rings (SSSR count). The lowest BCUT2D eigenvalue weighted by atomic mass is 10.0. The number of aryl methyl sites for hydroxylation is 2. The third-order valence-corrected chi connectivity index (χ3v) is 4.45. The van der Waals surface area contributed by atoms with E-state index in [-0.39, 0.29) is 30.6 Å². The summed E-state index contributed by atoms with van der Waals surface area (Å²) in [4.78, 5) is 26.8. The molecule has 0 saturated carbocycles.